The summed E-state index contributed by atoms with van der Waals surface area (Å²) in [5.41, 5.74) is 2.43. The molecule has 2 aliphatic carbocycles. The molecule has 0 aromatic rings. The Balaban J connectivity index is 0.000000280. The maximum Gasteiger partial charge on any atom is 0.231 e. The van der Waals surface area contributed by atoms with Crippen molar-refractivity contribution < 1.29 is 9.85 Å². The van der Waals surface area contributed by atoms with Gasteiger partial charge < -0.3 is 0 Å². The van der Waals surface area contributed by atoms with Crippen molar-refractivity contribution in [2.75, 3.05) is 0 Å². The van der Waals surface area contributed by atoms with Crippen molar-refractivity contribution >= 4 is 0 Å². The van der Waals surface area contributed by atoms with E-state index in [-0.39, 0.29) is 20.7 Å². The molecule has 0 aromatic heterocycles. The van der Waals surface area contributed by atoms with Crippen LogP contribution in [0.4, 0.5) is 0 Å². The van der Waals surface area contributed by atoms with E-state index in [1.54, 1.807) is 13.8 Å². The second-order valence-electron chi connectivity index (χ2n) is 10.5. The topological polar surface area (TPSA) is 86.3 Å². The van der Waals surface area contributed by atoms with Crippen LogP contribution < -0.4 is 0 Å². The predicted molar refractivity (Wildman–Crippen MR) is 113 cm³/mol. The molecule has 0 radical (unpaired) electrons. The summed E-state index contributed by atoms with van der Waals surface area (Å²) in [4.78, 5) is 21.0. The molecule has 0 aliphatic heterocycles. The van der Waals surface area contributed by atoms with Gasteiger partial charge in [0.05, 0.1) is 0 Å². The lowest BCUT2D eigenvalue weighted by molar-refractivity contribution is -0.508. The molecular formula is C22H38N2O4. The van der Waals surface area contributed by atoms with Crippen molar-refractivity contribution in [1.82, 2.24) is 0 Å². The molecular weight excluding hydrogens is 356 g/mol. The number of nitrogens with zero attached hydrogens (tertiary/aromatic N) is 2. The normalized spacial score (nSPS) is 28.0. The SMILES string of the molecule is CC1C=C(C(C)[N+](=O)[O-])CC(C)(C)C1.CC1C=C(C(C)[N+](=O)[O-])CC(C)(C)C1. The third-order valence-electron chi connectivity index (χ3n) is 5.82. The first-order valence-corrected chi connectivity index (χ1v) is 10.3. The molecule has 0 saturated heterocycles. The van der Waals surface area contributed by atoms with E-state index in [2.05, 4.69) is 53.7 Å². The van der Waals surface area contributed by atoms with Gasteiger partial charge in [-0.2, -0.15) is 0 Å². The average Bonchev–Trinajstić information content (AvgIpc) is 2.49. The average molecular weight is 395 g/mol. The van der Waals surface area contributed by atoms with Crippen LogP contribution in [0.3, 0.4) is 0 Å². The minimum atomic E-state index is -0.517. The fourth-order valence-electron chi connectivity index (χ4n) is 4.80. The molecule has 2 rings (SSSR count). The number of hydrogen-bond donors (Lipinski definition) is 0. The molecule has 0 fully saturated rings. The van der Waals surface area contributed by atoms with Gasteiger partial charge in [0.15, 0.2) is 0 Å². The molecule has 0 aromatic carbocycles. The highest BCUT2D eigenvalue weighted by atomic mass is 16.6. The van der Waals surface area contributed by atoms with E-state index < -0.39 is 12.1 Å². The highest BCUT2D eigenvalue weighted by Gasteiger charge is 2.33. The van der Waals surface area contributed by atoms with Gasteiger partial charge in [-0.15, -0.1) is 0 Å². The van der Waals surface area contributed by atoms with Crippen molar-refractivity contribution in [3.63, 3.8) is 0 Å². The first kappa shape index (κ1) is 24.3. The van der Waals surface area contributed by atoms with E-state index in [9.17, 15) is 20.2 Å². The Bertz CT molecular complexity index is 593. The van der Waals surface area contributed by atoms with E-state index in [1.807, 2.05) is 0 Å². The smallest absolute Gasteiger partial charge is 0.231 e. The minimum Gasteiger partial charge on any atom is -0.264 e. The van der Waals surface area contributed by atoms with Crippen molar-refractivity contribution in [2.45, 2.75) is 93.2 Å². The highest BCUT2D eigenvalue weighted by molar-refractivity contribution is 5.15. The van der Waals surface area contributed by atoms with E-state index in [1.165, 1.54) is 0 Å². The zero-order valence-electron chi connectivity index (χ0n) is 18.8. The van der Waals surface area contributed by atoms with Gasteiger partial charge in [0.25, 0.3) is 0 Å². The fourth-order valence-corrected chi connectivity index (χ4v) is 4.80. The van der Waals surface area contributed by atoms with Gasteiger partial charge in [0.1, 0.15) is 0 Å². The molecule has 0 spiro atoms. The van der Waals surface area contributed by atoms with Crippen LogP contribution in [0.2, 0.25) is 0 Å². The molecule has 28 heavy (non-hydrogen) atoms. The highest BCUT2D eigenvalue weighted by Crippen LogP contribution is 2.40. The molecule has 0 N–H and O–H groups in total. The summed E-state index contributed by atoms with van der Waals surface area (Å²) in [5.74, 6) is 0.937. The number of rotatable bonds is 4. The molecule has 4 unspecified atom stereocenters. The fraction of sp³-hybridized carbons (Fsp3) is 0.818. The molecule has 0 amide bonds. The van der Waals surface area contributed by atoms with E-state index in [4.69, 9.17) is 0 Å². The van der Waals surface area contributed by atoms with E-state index in [0.29, 0.717) is 11.8 Å². The Hall–Kier alpha value is -1.72. The van der Waals surface area contributed by atoms with Crippen molar-refractivity contribution in [3.05, 3.63) is 43.5 Å². The molecule has 4 atom stereocenters. The first-order valence-electron chi connectivity index (χ1n) is 10.3. The zero-order valence-corrected chi connectivity index (χ0v) is 18.8. The number of nitro groups is 2. The molecule has 6 nitrogen and oxygen atoms in total. The standard InChI is InChI=1S/2C11H19NO2/c2*1-8-5-10(9(2)12(13)14)7-11(3,4)6-8/h2*5,8-9H,6-7H2,1-4H3. The monoisotopic (exact) mass is 394 g/mol. The second-order valence-corrected chi connectivity index (χ2v) is 10.5. The van der Waals surface area contributed by atoms with Crippen LogP contribution in [0.15, 0.2) is 23.3 Å². The van der Waals surface area contributed by atoms with Gasteiger partial charge in [-0.3, -0.25) is 20.2 Å². The Morgan fingerprint density at radius 3 is 1.32 bits per heavy atom. The molecule has 0 bridgehead atoms. The second kappa shape index (κ2) is 9.19. The van der Waals surface area contributed by atoms with Crippen molar-refractivity contribution in [2.24, 2.45) is 22.7 Å². The maximum absolute atomic E-state index is 10.7. The van der Waals surface area contributed by atoms with Crippen LogP contribution in [-0.4, -0.2) is 21.9 Å². The van der Waals surface area contributed by atoms with Crippen molar-refractivity contribution in [1.29, 1.82) is 0 Å². The van der Waals surface area contributed by atoms with Gasteiger partial charge >= 0.3 is 0 Å². The van der Waals surface area contributed by atoms with Crippen LogP contribution in [0.5, 0.6) is 0 Å². The van der Waals surface area contributed by atoms with Crippen LogP contribution in [0.25, 0.3) is 0 Å². The third kappa shape index (κ3) is 7.36. The van der Waals surface area contributed by atoms with Gasteiger partial charge in [-0.05, 0) is 59.5 Å². The summed E-state index contributed by atoms with van der Waals surface area (Å²) in [7, 11) is 0. The Labute approximate surface area is 169 Å². The van der Waals surface area contributed by atoms with E-state index >= 15 is 0 Å². The lowest BCUT2D eigenvalue weighted by atomic mass is 9.72. The summed E-state index contributed by atoms with van der Waals surface area (Å²) >= 11 is 0. The minimum absolute atomic E-state index is 0.194. The molecule has 6 heteroatoms. The summed E-state index contributed by atoms with van der Waals surface area (Å²) in [6, 6.07) is -1.03. The summed E-state index contributed by atoms with van der Waals surface area (Å²) < 4.78 is 0. The van der Waals surface area contributed by atoms with E-state index in [0.717, 1.165) is 36.8 Å². The van der Waals surface area contributed by atoms with Crippen LogP contribution in [0, 0.1) is 42.9 Å². The van der Waals surface area contributed by atoms with Crippen LogP contribution in [-0.2, 0) is 0 Å². The Kier molecular flexibility index (Phi) is 7.98. The summed E-state index contributed by atoms with van der Waals surface area (Å²) in [5, 5.41) is 21.4. The summed E-state index contributed by atoms with van der Waals surface area (Å²) in [6.07, 6.45) is 8.14. The van der Waals surface area contributed by atoms with Crippen LogP contribution in [0.1, 0.15) is 81.1 Å². The largest absolute Gasteiger partial charge is 0.264 e. The number of hydrogen-bond acceptors (Lipinski definition) is 4. The quantitative estimate of drug-likeness (QED) is 0.329. The molecule has 160 valence electrons. The maximum atomic E-state index is 10.7. The zero-order chi connectivity index (χ0) is 21.9. The van der Waals surface area contributed by atoms with Crippen LogP contribution >= 0.6 is 0 Å². The third-order valence-corrected chi connectivity index (χ3v) is 5.82. The Morgan fingerprint density at radius 2 is 1.11 bits per heavy atom. The van der Waals surface area contributed by atoms with Crippen molar-refractivity contribution in [3.8, 4) is 0 Å². The van der Waals surface area contributed by atoms with Gasteiger partial charge in [-0.25, -0.2) is 0 Å². The molecule has 0 saturated carbocycles. The molecule has 2 aliphatic rings. The van der Waals surface area contributed by atoms with Gasteiger partial charge in [0.2, 0.25) is 12.1 Å². The lowest BCUT2D eigenvalue weighted by Crippen LogP contribution is -2.28. The predicted octanol–water partition coefficient (Wildman–Crippen LogP) is 6.07. The van der Waals surface area contributed by atoms with Gasteiger partial charge in [0, 0.05) is 23.7 Å². The number of allylic oxidation sites excluding steroid dienone is 2. The molecule has 0 heterocycles. The Morgan fingerprint density at radius 1 is 0.821 bits per heavy atom. The lowest BCUT2D eigenvalue weighted by Gasteiger charge is -2.33. The summed E-state index contributed by atoms with van der Waals surface area (Å²) in [6.45, 7) is 16.4. The first-order chi connectivity index (χ1) is 12.6. The van der Waals surface area contributed by atoms with Gasteiger partial charge in [-0.1, -0.05) is 53.7 Å².